The monoisotopic (exact) mass is 444 g/mol. The molecule has 0 saturated heterocycles. The normalized spacial score (nSPS) is 16.8. The summed E-state index contributed by atoms with van der Waals surface area (Å²) in [6.07, 6.45) is 5.21. The molecule has 0 N–H and O–H groups in total. The first-order valence-electron chi connectivity index (χ1n) is 11.7. The maximum absolute atomic E-state index is 12.8. The van der Waals surface area contributed by atoms with Crippen LogP contribution in [0.3, 0.4) is 0 Å². The second-order valence-electron chi connectivity index (χ2n) is 9.09. The summed E-state index contributed by atoms with van der Waals surface area (Å²) < 4.78 is 4.11. The van der Waals surface area contributed by atoms with Gasteiger partial charge >= 0.3 is 5.97 Å². The number of rotatable bonds is 9. The van der Waals surface area contributed by atoms with Crippen molar-refractivity contribution in [3.63, 3.8) is 0 Å². The fraction of sp³-hybridized carbons (Fsp3) is 0.630. The summed E-state index contributed by atoms with van der Waals surface area (Å²) in [6.45, 7) is 11.1. The fourth-order valence-electron chi connectivity index (χ4n) is 4.89. The van der Waals surface area contributed by atoms with Crippen molar-refractivity contribution in [3.05, 3.63) is 34.4 Å². The van der Waals surface area contributed by atoms with Crippen LogP contribution in [-0.4, -0.2) is 30.4 Å². The van der Waals surface area contributed by atoms with Crippen molar-refractivity contribution in [2.24, 2.45) is 17.8 Å². The Morgan fingerprint density at radius 1 is 1.06 bits per heavy atom. The number of hydrogen-bond donors (Lipinski definition) is 0. The number of aryl methyl sites for hydroxylation is 2. The molecule has 3 unspecified atom stereocenters. The van der Waals surface area contributed by atoms with E-state index in [1.807, 2.05) is 19.9 Å². The van der Waals surface area contributed by atoms with Crippen LogP contribution in [0.4, 0.5) is 0 Å². The Bertz CT molecular complexity index is 824. The van der Waals surface area contributed by atoms with Crippen LogP contribution in [0.5, 0.6) is 0 Å². The Morgan fingerprint density at radius 2 is 1.66 bits per heavy atom. The van der Waals surface area contributed by atoms with Crippen molar-refractivity contribution in [2.75, 3.05) is 7.11 Å². The van der Waals surface area contributed by atoms with Gasteiger partial charge in [-0.2, -0.15) is 0 Å². The molecule has 1 aliphatic rings. The Labute approximate surface area is 193 Å². The molecule has 0 spiro atoms. The van der Waals surface area contributed by atoms with Crippen LogP contribution in [0.1, 0.15) is 93.3 Å². The van der Waals surface area contributed by atoms with Gasteiger partial charge in [-0.25, -0.2) is 0 Å². The highest BCUT2D eigenvalue weighted by Gasteiger charge is 2.33. The highest BCUT2D eigenvalue weighted by molar-refractivity contribution is 6.00. The largest absolute Gasteiger partial charge is 0.469 e. The number of fused-ring (bicyclic) bond motifs is 1. The lowest BCUT2D eigenvalue weighted by atomic mass is 9.71. The van der Waals surface area contributed by atoms with E-state index in [0.29, 0.717) is 12.3 Å². The van der Waals surface area contributed by atoms with Gasteiger partial charge in [-0.3, -0.25) is 19.2 Å². The van der Waals surface area contributed by atoms with E-state index in [2.05, 4.69) is 24.7 Å². The lowest BCUT2D eigenvalue weighted by molar-refractivity contribution is -0.138. The van der Waals surface area contributed by atoms with Gasteiger partial charge in [0.05, 0.1) is 13.5 Å². The molecule has 2 rings (SSSR count). The highest BCUT2D eigenvalue weighted by atomic mass is 16.5. The molecular weight excluding hydrogens is 404 g/mol. The summed E-state index contributed by atoms with van der Waals surface area (Å²) in [5, 5.41) is 0. The minimum Gasteiger partial charge on any atom is -0.469 e. The zero-order valence-corrected chi connectivity index (χ0v) is 20.9. The van der Waals surface area contributed by atoms with Crippen molar-refractivity contribution < 1.29 is 23.9 Å². The second kappa shape index (κ2) is 13.3. The lowest BCUT2D eigenvalue weighted by Gasteiger charge is -2.32. The second-order valence-corrected chi connectivity index (χ2v) is 9.09. The number of esters is 1. The number of benzene rings is 1. The molecule has 178 valence electrons. The van der Waals surface area contributed by atoms with Crippen molar-refractivity contribution >= 4 is 23.3 Å². The molecule has 3 atom stereocenters. The molecule has 0 fully saturated rings. The van der Waals surface area contributed by atoms with Crippen molar-refractivity contribution in [1.82, 2.24) is 0 Å². The van der Waals surface area contributed by atoms with Gasteiger partial charge in [0.15, 0.2) is 5.78 Å². The van der Waals surface area contributed by atoms with Gasteiger partial charge in [0.25, 0.3) is 0 Å². The third kappa shape index (κ3) is 7.99. The maximum atomic E-state index is 12.8. The van der Waals surface area contributed by atoms with E-state index in [0.717, 1.165) is 43.2 Å². The summed E-state index contributed by atoms with van der Waals surface area (Å²) in [5.74, 6) is 0.520. The fourth-order valence-corrected chi connectivity index (χ4v) is 4.89. The molecule has 5 heteroatoms. The van der Waals surface area contributed by atoms with Crippen molar-refractivity contribution in [1.29, 1.82) is 0 Å². The number of methoxy groups -OCH3 is 1. The molecule has 0 saturated carbocycles. The zero-order valence-electron chi connectivity index (χ0n) is 20.9. The average molecular weight is 445 g/mol. The molecule has 0 bridgehead atoms. The number of carbonyl (C=O) groups excluding carboxylic acids is 4. The molecular formula is C27H40O5. The number of ether oxygens (including phenoxy) is 1. The van der Waals surface area contributed by atoms with Crippen LogP contribution in [-0.2, 0) is 25.5 Å². The third-order valence-electron chi connectivity index (χ3n) is 6.43. The highest BCUT2D eigenvalue weighted by Crippen LogP contribution is 2.37. The van der Waals surface area contributed by atoms with Gasteiger partial charge in [-0.15, -0.1) is 0 Å². The van der Waals surface area contributed by atoms with Crippen LogP contribution in [0, 0.1) is 31.6 Å². The Balaban J connectivity index is 0.000000920. The summed E-state index contributed by atoms with van der Waals surface area (Å²) in [6, 6.07) is 4.15. The van der Waals surface area contributed by atoms with Gasteiger partial charge in [0.1, 0.15) is 11.6 Å². The van der Waals surface area contributed by atoms with Gasteiger partial charge < -0.3 is 4.74 Å². The average Bonchev–Trinajstić information content (AvgIpc) is 2.71. The van der Waals surface area contributed by atoms with Gasteiger partial charge in [0.2, 0.25) is 0 Å². The predicted molar refractivity (Wildman–Crippen MR) is 127 cm³/mol. The summed E-state index contributed by atoms with van der Waals surface area (Å²) in [4.78, 5) is 46.5. The molecule has 1 aromatic carbocycles. The summed E-state index contributed by atoms with van der Waals surface area (Å²) >= 11 is 0. The molecule has 0 aromatic heterocycles. The molecule has 1 aromatic rings. The Kier molecular flexibility index (Phi) is 11.5. The van der Waals surface area contributed by atoms with Crippen LogP contribution < -0.4 is 0 Å². The molecule has 1 aliphatic carbocycles. The van der Waals surface area contributed by atoms with Gasteiger partial charge in [-0.05, 0) is 68.6 Å². The van der Waals surface area contributed by atoms with Crippen molar-refractivity contribution in [3.8, 4) is 0 Å². The van der Waals surface area contributed by atoms with Crippen LogP contribution in [0.25, 0.3) is 0 Å². The maximum Gasteiger partial charge on any atom is 0.302 e. The quantitative estimate of drug-likeness (QED) is 0.365. The third-order valence-corrected chi connectivity index (χ3v) is 6.43. The first-order valence-corrected chi connectivity index (χ1v) is 11.7. The van der Waals surface area contributed by atoms with Crippen molar-refractivity contribution in [2.45, 2.75) is 86.5 Å². The first kappa shape index (κ1) is 27.7. The number of hydrogen-bond acceptors (Lipinski definition) is 5. The minimum atomic E-state index is -0.245. The van der Waals surface area contributed by atoms with Gasteiger partial charge in [0, 0.05) is 24.8 Å². The number of Topliss-reactive ketones (excluding diaryl/α,β-unsaturated/α-hetero) is 3. The smallest absolute Gasteiger partial charge is 0.302 e. The lowest BCUT2D eigenvalue weighted by Crippen LogP contribution is -2.30. The Morgan fingerprint density at radius 3 is 2.16 bits per heavy atom. The molecule has 0 amide bonds. The molecule has 32 heavy (non-hydrogen) atoms. The molecule has 0 heterocycles. The Hall–Kier alpha value is -2.30. The summed E-state index contributed by atoms with van der Waals surface area (Å²) in [7, 11) is 1.35. The van der Waals surface area contributed by atoms with Gasteiger partial charge in [-0.1, -0.05) is 38.8 Å². The van der Waals surface area contributed by atoms with Crippen LogP contribution in [0.15, 0.2) is 12.1 Å². The molecule has 0 radical (unpaired) electrons. The number of carbonyl (C=O) groups is 4. The summed E-state index contributed by atoms with van der Waals surface area (Å²) in [5.41, 5.74) is 4.40. The first-order chi connectivity index (χ1) is 15.0. The number of ketones is 3. The van der Waals surface area contributed by atoms with E-state index >= 15 is 0 Å². The van der Waals surface area contributed by atoms with E-state index < -0.39 is 0 Å². The topological polar surface area (TPSA) is 77.5 Å². The van der Waals surface area contributed by atoms with Crippen LogP contribution in [0.2, 0.25) is 0 Å². The van der Waals surface area contributed by atoms with Crippen LogP contribution >= 0.6 is 0 Å². The standard InChI is InChI=1S/C24H34O3.C3H6O2/c1-6-8-19(20(7-2)22(26)11-17(5)25)12-18-13-21-15(3)9-10-16(4)24(21)23(27)14-18;1-3(4)5-2/h9-10,18-20H,6-8,11-14H2,1-5H3;1-2H3. The predicted octanol–water partition coefficient (Wildman–Crippen LogP) is 5.61. The minimum absolute atomic E-state index is 0.0451. The van der Waals surface area contributed by atoms with E-state index in [1.54, 1.807) is 0 Å². The molecule has 0 aliphatic heterocycles. The zero-order chi connectivity index (χ0) is 24.4. The van der Waals surface area contributed by atoms with E-state index in [-0.39, 0.29) is 41.6 Å². The molecule has 5 nitrogen and oxygen atoms in total. The SMILES string of the molecule is CCCC(CC1CC(=O)c2c(C)ccc(C)c2C1)C(CC)C(=O)CC(C)=O.COC(C)=O. The van der Waals surface area contributed by atoms with E-state index in [9.17, 15) is 19.2 Å². The van der Waals surface area contributed by atoms with E-state index in [4.69, 9.17) is 0 Å². The van der Waals surface area contributed by atoms with E-state index in [1.165, 1.54) is 32.1 Å².